The number of amides is 3. The Morgan fingerprint density at radius 2 is 1.77 bits per heavy atom. The van der Waals surface area contributed by atoms with Crippen molar-refractivity contribution >= 4 is 63.4 Å². The van der Waals surface area contributed by atoms with Crippen molar-refractivity contribution in [2.45, 2.75) is 44.8 Å². The van der Waals surface area contributed by atoms with Crippen LogP contribution in [0.15, 0.2) is 0 Å². The summed E-state index contributed by atoms with van der Waals surface area (Å²) in [5, 5.41) is 22.0. The van der Waals surface area contributed by atoms with Crippen molar-refractivity contribution in [1.82, 2.24) is 20.1 Å². The predicted molar refractivity (Wildman–Crippen MR) is 114 cm³/mol. The molecule has 0 heterocycles. The van der Waals surface area contributed by atoms with Gasteiger partial charge in [0.05, 0.1) is 11.8 Å². The Morgan fingerprint density at radius 1 is 1.16 bits per heavy atom. The standard InChI is InChI=1S/C16H26BrN5O8S/c1-8(22(17)21-9(2)23)12(24)7-31-6-11(15(28)19-5-14(26)27)20-13(25)4-3-10(18)16(29)30/h8,10-11H,3-7,18H2,1-2H3,(H,19,28)(H,20,25)(H,21,23)(H,26,27)(H,29,30)/t8-,10-,11-/m0/s1. The zero-order valence-corrected chi connectivity index (χ0v) is 19.3. The van der Waals surface area contributed by atoms with Crippen LogP contribution in [0, 0.1) is 0 Å². The van der Waals surface area contributed by atoms with Gasteiger partial charge in [-0.2, -0.15) is 11.8 Å². The number of hydrogen-bond donors (Lipinski definition) is 6. The number of rotatable bonds is 15. The van der Waals surface area contributed by atoms with E-state index in [2.05, 4.69) is 32.2 Å². The highest BCUT2D eigenvalue weighted by atomic mass is 79.9. The topological polar surface area (TPSA) is 208 Å². The monoisotopic (exact) mass is 527 g/mol. The van der Waals surface area contributed by atoms with Gasteiger partial charge in [0, 0.05) is 35.2 Å². The zero-order valence-electron chi connectivity index (χ0n) is 16.9. The number of halogens is 1. The van der Waals surface area contributed by atoms with Crippen LogP contribution in [0.5, 0.6) is 0 Å². The molecule has 0 spiro atoms. The quantitative estimate of drug-likeness (QED) is 0.103. The van der Waals surface area contributed by atoms with E-state index >= 15 is 0 Å². The summed E-state index contributed by atoms with van der Waals surface area (Å²) in [6.45, 7) is 2.15. The molecular weight excluding hydrogens is 502 g/mol. The number of carboxylic acid groups (broad SMARTS) is 2. The van der Waals surface area contributed by atoms with Crippen LogP contribution in [0.25, 0.3) is 0 Å². The minimum Gasteiger partial charge on any atom is -0.480 e. The lowest BCUT2D eigenvalue weighted by molar-refractivity contribution is -0.139. The van der Waals surface area contributed by atoms with Crippen LogP contribution in [-0.2, 0) is 28.8 Å². The van der Waals surface area contributed by atoms with Crippen molar-refractivity contribution in [2.75, 3.05) is 18.1 Å². The first-order valence-electron chi connectivity index (χ1n) is 8.95. The molecule has 0 radical (unpaired) electrons. The number of aliphatic carboxylic acids is 2. The first-order valence-corrected chi connectivity index (χ1v) is 10.8. The third kappa shape index (κ3) is 12.9. The molecule has 0 unspecified atom stereocenters. The highest BCUT2D eigenvalue weighted by Gasteiger charge is 2.25. The van der Waals surface area contributed by atoms with Gasteiger partial charge in [0.2, 0.25) is 17.7 Å². The fourth-order valence-corrected chi connectivity index (χ4v) is 3.43. The van der Waals surface area contributed by atoms with E-state index in [0.717, 1.165) is 15.8 Å². The molecule has 176 valence electrons. The molecule has 0 aromatic heterocycles. The molecule has 15 heteroatoms. The molecule has 13 nitrogen and oxygen atoms in total. The lowest BCUT2D eigenvalue weighted by Crippen LogP contribution is -2.49. The maximum atomic E-state index is 12.2. The van der Waals surface area contributed by atoms with Gasteiger partial charge in [-0.1, -0.05) is 0 Å². The average Bonchev–Trinajstić information content (AvgIpc) is 2.67. The normalized spacial score (nSPS) is 13.6. The molecule has 0 aromatic carbocycles. The molecule has 0 aromatic rings. The number of Topliss-reactive ketones (excluding diaryl/α,β-unsaturated/α-hetero) is 1. The first kappa shape index (κ1) is 28.8. The van der Waals surface area contributed by atoms with Crippen LogP contribution >= 0.6 is 27.9 Å². The summed E-state index contributed by atoms with van der Waals surface area (Å²) in [4.78, 5) is 68.9. The fourth-order valence-electron chi connectivity index (χ4n) is 1.92. The molecule has 0 saturated carbocycles. The minimum absolute atomic E-state index is 0.0525. The Kier molecular flexibility index (Phi) is 13.7. The van der Waals surface area contributed by atoms with Crippen LogP contribution in [-0.4, -0.2) is 85.9 Å². The maximum Gasteiger partial charge on any atom is 0.322 e. The summed E-state index contributed by atoms with van der Waals surface area (Å²) >= 11 is 4.05. The van der Waals surface area contributed by atoms with E-state index in [1.165, 1.54) is 13.8 Å². The number of hydrogen-bond acceptors (Lipinski definition) is 9. The summed E-state index contributed by atoms with van der Waals surface area (Å²) in [5.41, 5.74) is 7.71. The zero-order chi connectivity index (χ0) is 24.1. The highest BCUT2D eigenvalue weighted by Crippen LogP contribution is 2.10. The summed E-state index contributed by atoms with van der Waals surface area (Å²) in [5.74, 6) is -4.76. The Hall–Kier alpha value is -2.23. The van der Waals surface area contributed by atoms with Gasteiger partial charge in [-0.25, -0.2) is 0 Å². The summed E-state index contributed by atoms with van der Waals surface area (Å²) in [6.07, 6.45) is -0.413. The number of nitrogens with zero attached hydrogens (tertiary/aromatic N) is 1. The van der Waals surface area contributed by atoms with E-state index in [1.807, 2.05) is 0 Å². The molecule has 3 amide bonds. The van der Waals surface area contributed by atoms with Crippen LogP contribution in [0.3, 0.4) is 0 Å². The molecule has 0 bridgehead atoms. The van der Waals surface area contributed by atoms with E-state index in [9.17, 15) is 28.8 Å². The third-order valence-corrected chi connectivity index (χ3v) is 5.51. The molecule has 0 aliphatic carbocycles. The number of nitrogens with one attached hydrogen (secondary N) is 3. The average molecular weight is 528 g/mol. The van der Waals surface area contributed by atoms with Crippen molar-refractivity contribution < 1.29 is 39.0 Å². The number of carboxylic acids is 2. The lowest BCUT2D eigenvalue weighted by atomic mass is 10.1. The molecule has 0 saturated heterocycles. The second-order valence-corrected chi connectivity index (χ2v) is 8.15. The Labute approximate surface area is 191 Å². The number of carbonyl (C=O) groups is 6. The van der Waals surface area contributed by atoms with Gasteiger partial charge in [-0.05, 0) is 13.3 Å². The lowest BCUT2D eigenvalue weighted by Gasteiger charge is -2.21. The number of ketones is 1. The molecule has 7 N–H and O–H groups in total. The summed E-state index contributed by atoms with van der Waals surface area (Å²) < 4.78 is 1.16. The smallest absolute Gasteiger partial charge is 0.322 e. The van der Waals surface area contributed by atoms with Gasteiger partial charge in [-0.15, -0.1) is 4.03 Å². The van der Waals surface area contributed by atoms with Gasteiger partial charge in [-0.3, -0.25) is 34.2 Å². The molecule has 0 rings (SSSR count). The highest BCUT2D eigenvalue weighted by molar-refractivity contribution is 9.07. The van der Waals surface area contributed by atoms with Gasteiger partial charge < -0.3 is 26.6 Å². The van der Waals surface area contributed by atoms with Crippen molar-refractivity contribution in [1.29, 1.82) is 0 Å². The molecular formula is C16H26BrN5O8S. The Morgan fingerprint density at radius 3 is 2.29 bits per heavy atom. The van der Waals surface area contributed by atoms with Gasteiger partial charge in [0.25, 0.3) is 0 Å². The maximum absolute atomic E-state index is 12.2. The second kappa shape index (κ2) is 14.7. The van der Waals surface area contributed by atoms with E-state index in [1.54, 1.807) is 0 Å². The molecule has 0 aliphatic rings. The number of thioether (sulfide) groups is 1. The molecule has 31 heavy (non-hydrogen) atoms. The van der Waals surface area contributed by atoms with E-state index in [0.29, 0.717) is 0 Å². The Bertz CT molecular complexity index is 695. The summed E-state index contributed by atoms with van der Waals surface area (Å²) in [7, 11) is 0. The van der Waals surface area contributed by atoms with Crippen LogP contribution in [0.1, 0.15) is 26.7 Å². The van der Waals surface area contributed by atoms with Crippen LogP contribution in [0.2, 0.25) is 0 Å². The number of hydrazine groups is 1. The first-order chi connectivity index (χ1) is 14.3. The van der Waals surface area contributed by atoms with Gasteiger partial charge in [0.1, 0.15) is 18.6 Å². The fraction of sp³-hybridized carbons (Fsp3) is 0.625. The third-order valence-electron chi connectivity index (χ3n) is 3.66. The van der Waals surface area contributed by atoms with Gasteiger partial charge in [0.15, 0.2) is 5.78 Å². The second-order valence-electron chi connectivity index (χ2n) is 6.35. The van der Waals surface area contributed by atoms with Crippen LogP contribution in [0.4, 0.5) is 0 Å². The van der Waals surface area contributed by atoms with Crippen molar-refractivity contribution in [3.05, 3.63) is 0 Å². The largest absolute Gasteiger partial charge is 0.480 e. The van der Waals surface area contributed by atoms with Crippen molar-refractivity contribution in [3.63, 3.8) is 0 Å². The predicted octanol–water partition coefficient (Wildman–Crippen LogP) is -1.78. The van der Waals surface area contributed by atoms with Gasteiger partial charge >= 0.3 is 11.9 Å². The van der Waals surface area contributed by atoms with Crippen molar-refractivity contribution in [2.24, 2.45) is 5.73 Å². The SMILES string of the molecule is CC(=O)NN(Br)[C@@H](C)C(=O)CSC[C@H](NC(=O)CC[C@H](N)C(=O)O)C(=O)NCC(=O)O. The molecule has 3 atom stereocenters. The summed E-state index contributed by atoms with van der Waals surface area (Å²) in [6, 6.07) is -3.12. The Balaban J connectivity index is 4.83. The minimum atomic E-state index is -1.28. The number of nitrogens with two attached hydrogens (primary N) is 1. The van der Waals surface area contributed by atoms with Crippen LogP contribution < -0.4 is 21.8 Å². The molecule has 0 aliphatic heterocycles. The number of carbonyl (C=O) groups excluding carboxylic acids is 4. The van der Waals surface area contributed by atoms with E-state index in [-0.39, 0.29) is 36.0 Å². The molecule has 0 fully saturated rings. The van der Waals surface area contributed by atoms with Crippen molar-refractivity contribution in [3.8, 4) is 0 Å². The van der Waals surface area contributed by atoms with E-state index in [4.69, 9.17) is 15.9 Å². The van der Waals surface area contributed by atoms with E-state index < -0.39 is 48.4 Å².